The summed E-state index contributed by atoms with van der Waals surface area (Å²) in [5, 5.41) is 9.10. The number of sulfonamides is 1. The smallest absolute Gasteiger partial charge is 0.352 e. The molecule has 1 aromatic rings. The Morgan fingerprint density at radius 1 is 1.29 bits per heavy atom. The molecule has 0 amide bonds. The van der Waals surface area contributed by atoms with E-state index in [-0.39, 0.29) is 41.5 Å². The van der Waals surface area contributed by atoms with E-state index in [2.05, 4.69) is 4.98 Å². The largest absolute Gasteiger partial charge is 0.477 e. The van der Waals surface area contributed by atoms with Crippen LogP contribution in [0.1, 0.15) is 35.6 Å². The van der Waals surface area contributed by atoms with Gasteiger partial charge in [0, 0.05) is 24.3 Å². The second-order valence-corrected chi connectivity index (χ2v) is 7.34. The van der Waals surface area contributed by atoms with Gasteiger partial charge in [0.2, 0.25) is 10.0 Å². The first-order valence-electron chi connectivity index (χ1n) is 6.72. The van der Waals surface area contributed by atoms with Crippen LogP contribution in [0.5, 0.6) is 0 Å². The fourth-order valence-electron chi connectivity index (χ4n) is 2.79. The minimum Gasteiger partial charge on any atom is -0.477 e. The summed E-state index contributed by atoms with van der Waals surface area (Å²) in [4.78, 5) is 13.8. The molecule has 0 aliphatic carbocycles. The summed E-state index contributed by atoms with van der Waals surface area (Å²) in [5.41, 5.74) is 0.504. The van der Waals surface area contributed by atoms with Crippen molar-refractivity contribution in [1.82, 2.24) is 9.29 Å². The van der Waals surface area contributed by atoms with E-state index in [9.17, 15) is 13.2 Å². The number of nitrogens with one attached hydrogen (secondary N) is 1. The molecule has 2 N–H and O–H groups in total. The zero-order valence-electron chi connectivity index (χ0n) is 12.5. The van der Waals surface area contributed by atoms with Crippen molar-refractivity contribution < 1.29 is 23.1 Å². The van der Waals surface area contributed by atoms with Gasteiger partial charge in [-0.15, -0.1) is 0 Å². The van der Waals surface area contributed by atoms with Crippen LogP contribution < -0.4 is 0 Å². The first-order chi connectivity index (χ1) is 9.64. The van der Waals surface area contributed by atoms with E-state index in [0.717, 1.165) is 0 Å². The maximum absolute atomic E-state index is 12.8. The lowest BCUT2D eigenvalue weighted by Gasteiger charge is -2.34. The third kappa shape index (κ3) is 2.83. The first-order valence-corrected chi connectivity index (χ1v) is 8.16. The minimum atomic E-state index is -3.74. The molecule has 0 radical (unpaired) electrons. The number of nitrogens with zero attached hydrogens (tertiary/aromatic N) is 1. The number of aryl methyl sites for hydroxylation is 1. The summed E-state index contributed by atoms with van der Waals surface area (Å²) in [6, 6.07) is 0. The van der Waals surface area contributed by atoms with Crippen molar-refractivity contribution in [2.24, 2.45) is 0 Å². The maximum atomic E-state index is 12.8. The highest BCUT2D eigenvalue weighted by Crippen LogP contribution is 2.28. The summed E-state index contributed by atoms with van der Waals surface area (Å²) in [7, 11) is -3.74. The van der Waals surface area contributed by atoms with Crippen LogP contribution in [0.2, 0.25) is 0 Å². The standard InChI is InChI=1S/C13H20N2O5S/c1-7-5-15(6-8(2)20-7)21(18,19)12-9(3)11(13(16)17)14-10(12)4/h7-8,14H,5-6H2,1-4H3,(H,16,17). The normalized spacial score (nSPS) is 24.2. The van der Waals surface area contributed by atoms with Crippen LogP contribution in [0.3, 0.4) is 0 Å². The number of hydrogen-bond acceptors (Lipinski definition) is 4. The SMILES string of the molecule is Cc1[nH]c(C(=O)O)c(C)c1S(=O)(=O)N1CC(C)OC(C)C1. The fraction of sp³-hybridized carbons (Fsp3) is 0.615. The lowest BCUT2D eigenvalue weighted by atomic mass is 10.2. The number of carboxylic acids is 1. The summed E-state index contributed by atoms with van der Waals surface area (Å²) in [5.74, 6) is -1.17. The van der Waals surface area contributed by atoms with Crippen LogP contribution >= 0.6 is 0 Å². The Morgan fingerprint density at radius 2 is 1.81 bits per heavy atom. The second kappa shape index (κ2) is 5.43. The van der Waals surface area contributed by atoms with Gasteiger partial charge in [0.15, 0.2) is 0 Å². The quantitative estimate of drug-likeness (QED) is 0.870. The molecule has 1 fully saturated rings. The predicted molar refractivity (Wildman–Crippen MR) is 76.0 cm³/mol. The molecule has 8 heteroatoms. The summed E-state index contributed by atoms with van der Waals surface area (Å²) < 4.78 is 32.5. The highest BCUT2D eigenvalue weighted by molar-refractivity contribution is 7.89. The Labute approximate surface area is 124 Å². The molecule has 2 heterocycles. The number of carbonyl (C=O) groups is 1. The molecule has 2 rings (SSSR count). The Bertz CT molecular complexity index is 654. The van der Waals surface area contributed by atoms with Crippen molar-refractivity contribution >= 4 is 16.0 Å². The number of aromatic carboxylic acids is 1. The van der Waals surface area contributed by atoms with Gasteiger partial charge in [-0.05, 0) is 27.7 Å². The highest BCUT2D eigenvalue weighted by atomic mass is 32.2. The van der Waals surface area contributed by atoms with Crippen molar-refractivity contribution in [3.8, 4) is 0 Å². The van der Waals surface area contributed by atoms with Crippen molar-refractivity contribution in [3.05, 3.63) is 17.0 Å². The zero-order chi connectivity index (χ0) is 15.9. The Kier molecular flexibility index (Phi) is 4.14. The van der Waals surface area contributed by atoms with Gasteiger partial charge in [-0.3, -0.25) is 0 Å². The highest BCUT2D eigenvalue weighted by Gasteiger charge is 2.36. The third-order valence-corrected chi connectivity index (χ3v) is 5.67. The summed E-state index contributed by atoms with van der Waals surface area (Å²) in [6.07, 6.45) is -0.385. The minimum absolute atomic E-state index is 0.0567. The molecule has 2 atom stereocenters. The topological polar surface area (TPSA) is 99.7 Å². The first kappa shape index (κ1) is 16.0. The lowest BCUT2D eigenvalue weighted by Crippen LogP contribution is -2.48. The molecule has 1 aliphatic heterocycles. The van der Waals surface area contributed by atoms with E-state index in [4.69, 9.17) is 9.84 Å². The summed E-state index contributed by atoms with van der Waals surface area (Å²) >= 11 is 0. The monoisotopic (exact) mass is 316 g/mol. The van der Waals surface area contributed by atoms with Crippen LogP contribution in [0, 0.1) is 13.8 Å². The van der Waals surface area contributed by atoms with Crippen molar-refractivity contribution in [2.75, 3.05) is 13.1 Å². The van der Waals surface area contributed by atoms with Crippen molar-refractivity contribution in [3.63, 3.8) is 0 Å². The molecular formula is C13H20N2O5S. The van der Waals surface area contributed by atoms with Gasteiger partial charge in [-0.2, -0.15) is 4.31 Å². The van der Waals surface area contributed by atoms with Gasteiger partial charge >= 0.3 is 5.97 Å². The molecular weight excluding hydrogens is 296 g/mol. The molecule has 0 bridgehead atoms. The van der Waals surface area contributed by atoms with E-state index in [1.807, 2.05) is 13.8 Å². The van der Waals surface area contributed by atoms with Gasteiger partial charge in [-0.1, -0.05) is 0 Å². The van der Waals surface area contributed by atoms with Crippen LogP contribution in [0.25, 0.3) is 0 Å². The van der Waals surface area contributed by atoms with Crippen LogP contribution in [0.15, 0.2) is 4.90 Å². The number of ether oxygens (including phenoxy) is 1. The molecule has 21 heavy (non-hydrogen) atoms. The van der Waals surface area contributed by atoms with Gasteiger partial charge in [0.1, 0.15) is 10.6 Å². The maximum Gasteiger partial charge on any atom is 0.352 e. The predicted octanol–water partition coefficient (Wildman–Crippen LogP) is 1.13. The van der Waals surface area contributed by atoms with E-state index in [1.54, 1.807) is 6.92 Å². The number of H-pyrrole nitrogens is 1. The molecule has 0 saturated carbocycles. The Hall–Kier alpha value is -1.38. The van der Waals surface area contributed by atoms with E-state index < -0.39 is 16.0 Å². The average molecular weight is 316 g/mol. The molecule has 1 aliphatic rings. The molecule has 118 valence electrons. The van der Waals surface area contributed by atoms with Crippen molar-refractivity contribution in [2.45, 2.75) is 44.8 Å². The molecule has 1 saturated heterocycles. The Balaban J connectivity index is 2.47. The van der Waals surface area contributed by atoms with Gasteiger partial charge in [0.25, 0.3) is 0 Å². The number of hydrogen-bond donors (Lipinski definition) is 2. The summed E-state index contributed by atoms with van der Waals surface area (Å²) in [6.45, 7) is 7.24. The second-order valence-electron chi connectivity index (χ2n) is 5.46. The van der Waals surface area contributed by atoms with Crippen LogP contribution in [-0.4, -0.2) is 54.1 Å². The van der Waals surface area contributed by atoms with E-state index in [1.165, 1.54) is 11.2 Å². The van der Waals surface area contributed by atoms with Crippen LogP contribution in [-0.2, 0) is 14.8 Å². The van der Waals surface area contributed by atoms with E-state index >= 15 is 0 Å². The van der Waals surface area contributed by atoms with Gasteiger partial charge < -0.3 is 14.8 Å². The van der Waals surface area contributed by atoms with Gasteiger partial charge in [-0.25, -0.2) is 13.2 Å². The van der Waals surface area contributed by atoms with Gasteiger partial charge in [0.05, 0.1) is 12.2 Å². The fourth-order valence-corrected chi connectivity index (χ4v) is 4.79. The molecule has 1 aromatic heterocycles. The van der Waals surface area contributed by atoms with Crippen LogP contribution in [0.4, 0.5) is 0 Å². The number of carboxylic acid groups (broad SMARTS) is 1. The van der Waals surface area contributed by atoms with E-state index in [0.29, 0.717) is 5.69 Å². The number of rotatable bonds is 3. The zero-order valence-corrected chi connectivity index (χ0v) is 13.3. The number of morpholine rings is 1. The molecule has 2 unspecified atom stereocenters. The lowest BCUT2D eigenvalue weighted by molar-refractivity contribution is -0.0441. The third-order valence-electron chi connectivity index (χ3n) is 3.57. The average Bonchev–Trinajstić information content (AvgIpc) is 2.64. The number of aromatic amines is 1. The van der Waals surface area contributed by atoms with Crippen molar-refractivity contribution in [1.29, 1.82) is 0 Å². The Morgan fingerprint density at radius 3 is 2.24 bits per heavy atom. The molecule has 0 spiro atoms. The number of aromatic nitrogens is 1. The molecule has 0 aromatic carbocycles. The molecule has 7 nitrogen and oxygen atoms in total.